The van der Waals surface area contributed by atoms with Gasteiger partial charge < -0.3 is 25.0 Å². The maximum Gasteiger partial charge on any atom is 0.410 e. The number of carbonyl (C=O) groups is 2. The van der Waals surface area contributed by atoms with Crippen LogP contribution in [0.1, 0.15) is 44.0 Å². The SMILES string of the molecule is CN(C(=O)OC(C)(C)C)C1CCN(c2c(Cl)cccc2Nc2ccccc2C(=O)O)CC1. The van der Waals surface area contributed by atoms with E-state index in [1.807, 2.05) is 39.0 Å². The summed E-state index contributed by atoms with van der Waals surface area (Å²) in [4.78, 5) is 27.9. The highest BCUT2D eigenvalue weighted by Crippen LogP contribution is 2.38. The number of ether oxygens (including phenoxy) is 1. The van der Waals surface area contributed by atoms with Gasteiger partial charge in [0.15, 0.2) is 0 Å². The maximum atomic E-state index is 12.4. The molecule has 0 radical (unpaired) electrons. The summed E-state index contributed by atoms with van der Waals surface area (Å²) >= 11 is 6.57. The Morgan fingerprint density at radius 1 is 1.09 bits per heavy atom. The fraction of sp³-hybridized carbons (Fsp3) is 0.417. The lowest BCUT2D eigenvalue weighted by atomic mass is 10.0. The molecule has 1 heterocycles. The average molecular weight is 460 g/mol. The van der Waals surface area contributed by atoms with Crippen LogP contribution >= 0.6 is 11.6 Å². The minimum absolute atomic E-state index is 0.0766. The van der Waals surface area contributed by atoms with Crippen LogP contribution in [0, 0.1) is 0 Å². The van der Waals surface area contributed by atoms with Crippen LogP contribution in [0.5, 0.6) is 0 Å². The number of halogens is 1. The van der Waals surface area contributed by atoms with Crippen molar-refractivity contribution >= 4 is 40.7 Å². The van der Waals surface area contributed by atoms with E-state index in [1.165, 1.54) is 0 Å². The number of nitrogens with one attached hydrogen (secondary N) is 1. The van der Waals surface area contributed by atoms with Gasteiger partial charge >= 0.3 is 12.1 Å². The molecule has 0 aliphatic carbocycles. The monoisotopic (exact) mass is 459 g/mol. The zero-order chi connectivity index (χ0) is 23.5. The number of carbonyl (C=O) groups excluding carboxylic acids is 1. The second kappa shape index (κ2) is 9.69. The maximum absolute atomic E-state index is 12.4. The molecule has 2 N–H and O–H groups in total. The van der Waals surface area contributed by atoms with Gasteiger partial charge in [-0.1, -0.05) is 29.8 Å². The predicted octanol–water partition coefficient (Wildman–Crippen LogP) is 5.62. The van der Waals surface area contributed by atoms with Crippen LogP contribution in [0.2, 0.25) is 5.02 Å². The molecule has 1 aliphatic heterocycles. The van der Waals surface area contributed by atoms with Crippen molar-refractivity contribution in [3.05, 3.63) is 53.1 Å². The molecule has 2 aromatic carbocycles. The second-order valence-electron chi connectivity index (χ2n) is 8.92. The molecule has 0 aromatic heterocycles. The first-order valence-electron chi connectivity index (χ1n) is 10.7. The number of aromatic carboxylic acids is 1. The molecule has 8 heteroatoms. The standard InChI is InChI=1S/C24H30ClN3O4/c1-24(2,3)32-23(31)27(4)16-12-14-28(15-13-16)21-18(25)9-7-11-20(21)26-19-10-6-5-8-17(19)22(29)30/h5-11,16,26H,12-15H2,1-4H3,(H,29,30). The van der Waals surface area contributed by atoms with Crippen LogP contribution in [-0.4, -0.2) is 53.8 Å². The highest BCUT2D eigenvalue weighted by molar-refractivity contribution is 6.34. The Kier molecular flexibility index (Phi) is 7.19. The quantitative estimate of drug-likeness (QED) is 0.604. The third kappa shape index (κ3) is 5.65. The van der Waals surface area contributed by atoms with E-state index in [1.54, 1.807) is 36.2 Å². The minimum Gasteiger partial charge on any atom is -0.478 e. The van der Waals surface area contributed by atoms with Crippen LogP contribution in [-0.2, 0) is 4.74 Å². The van der Waals surface area contributed by atoms with Crippen molar-refractivity contribution in [1.82, 2.24) is 4.90 Å². The Balaban J connectivity index is 1.75. The molecule has 0 spiro atoms. The van der Waals surface area contributed by atoms with Gasteiger partial charge in [0.1, 0.15) is 5.60 Å². The lowest BCUT2D eigenvalue weighted by Gasteiger charge is -2.39. The third-order valence-electron chi connectivity index (χ3n) is 5.42. The highest BCUT2D eigenvalue weighted by atomic mass is 35.5. The molecule has 0 bridgehead atoms. The summed E-state index contributed by atoms with van der Waals surface area (Å²) in [5, 5.41) is 13.3. The summed E-state index contributed by atoms with van der Waals surface area (Å²) in [6.07, 6.45) is 1.22. The van der Waals surface area contributed by atoms with Gasteiger partial charge in [0.2, 0.25) is 0 Å². The molecule has 1 aliphatic rings. The molecule has 3 rings (SSSR count). The van der Waals surface area contributed by atoms with Gasteiger partial charge in [0.25, 0.3) is 0 Å². The van der Waals surface area contributed by atoms with Crippen molar-refractivity contribution in [3.8, 4) is 0 Å². The Morgan fingerprint density at radius 2 is 1.72 bits per heavy atom. The van der Waals surface area contributed by atoms with Crippen LogP contribution in [0.25, 0.3) is 0 Å². The number of nitrogens with zero attached hydrogens (tertiary/aromatic N) is 2. The number of carboxylic acid groups (broad SMARTS) is 1. The molecular weight excluding hydrogens is 430 g/mol. The van der Waals surface area contributed by atoms with E-state index in [0.717, 1.165) is 24.2 Å². The van der Waals surface area contributed by atoms with Crippen molar-refractivity contribution < 1.29 is 19.4 Å². The Bertz CT molecular complexity index is 981. The molecule has 0 atom stereocenters. The topological polar surface area (TPSA) is 82.1 Å². The number of para-hydroxylation sites is 2. The van der Waals surface area contributed by atoms with Crippen molar-refractivity contribution in [2.75, 3.05) is 30.4 Å². The van der Waals surface area contributed by atoms with Gasteiger partial charge in [-0.05, 0) is 57.9 Å². The highest BCUT2D eigenvalue weighted by Gasteiger charge is 2.30. The Labute approximate surface area is 193 Å². The number of amides is 1. The molecule has 1 saturated heterocycles. The van der Waals surface area contributed by atoms with Crippen LogP contribution in [0.4, 0.5) is 21.9 Å². The Morgan fingerprint density at radius 3 is 2.34 bits per heavy atom. The predicted molar refractivity (Wildman–Crippen MR) is 127 cm³/mol. The van der Waals surface area contributed by atoms with Gasteiger partial charge in [0, 0.05) is 26.2 Å². The van der Waals surface area contributed by atoms with Gasteiger partial charge in [-0.25, -0.2) is 9.59 Å². The Hall–Kier alpha value is -2.93. The summed E-state index contributed by atoms with van der Waals surface area (Å²) in [7, 11) is 1.78. The third-order valence-corrected chi connectivity index (χ3v) is 5.73. The van der Waals surface area contributed by atoms with E-state index in [2.05, 4.69) is 10.2 Å². The van der Waals surface area contributed by atoms with Gasteiger partial charge in [-0.15, -0.1) is 0 Å². The summed E-state index contributed by atoms with van der Waals surface area (Å²) in [5.41, 5.74) is 1.73. The van der Waals surface area contributed by atoms with E-state index < -0.39 is 11.6 Å². The molecule has 1 amide bonds. The van der Waals surface area contributed by atoms with E-state index in [-0.39, 0.29) is 17.7 Å². The molecule has 32 heavy (non-hydrogen) atoms. The van der Waals surface area contributed by atoms with Crippen LogP contribution in [0.15, 0.2) is 42.5 Å². The number of piperidine rings is 1. The van der Waals surface area contributed by atoms with Crippen molar-refractivity contribution in [1.29, 1.82) is 0 Å². The number of hydrogen-bond acceptors (Lipinski definition) is 5. The molecule has 0 saturated carbocycles. The zero-order valence-electron chi connectivity index (χ0n) is 18.9. The number of anilines is 3. The lowest BCUT2D eigenvalue weighted by Crippen LogP contribution is -2.47. The van der Waals surface area contributed by atoms with Gasteiger partial charge in [-0.3, -0.25) is 0 Å². The number of carboxylic acids is 1. The van der Waals surface area contributed by atoms with Crippen molar-refractivity contribution in [2.24, 2.45) is 0 Å². The van der Waals surface area contributed by atoms with Gasteiger partial charge in [-0.2, -0.15) is 0 Å². The molecule has 0 unspecified atom stereocenters. The second-order valence-corrected chi connectivity index (χ2v) is 9.33. The normalized spacial score (nSPS) is 14.7. The van der Waals surface area contributed by atoms with E-state index >= 15 is 0 Å². The van der Waals surface area contributed by atoms with Crippen LogP contribution < -0.4 is 10.2 Å². The molecular formula is C24H30ClN3O4. The summed E-state index contributed by atoms with van der Waals surface area (Å²) < 4.78 is 5.49. The average Bonchev–Trinajstić information content (AvgIpc) is 2.72. The molecule has 7 nitrogen and oxygen atoms in total. The van der Waals surface area contributed by atoms with E-state index in [9.17, 15) is 14.7 Å². The van der Waals surface area contributed by atoms with Gasteiger partial charge in [0.05, 0.1) is 27.6 Å². The van der Waals surface area contributed by atoms with Crippen molar-refractivity contribution in [3.63, 3.8) is 0 Å². The first-order valence-corrected chi connectivity index (χ1v) is 11.0. The first-order chi connectivity index (χ1) is 15.1. The van der Waals surface area contributed by atoms with E-state index in [0.29, 0.717) is 23.8 Å². The largest absolute Gasteiger partial charge is 0.478 e. The molecule has 2 aromatic rings. The molecule has 1 fully saturated rings. The summed E-state index contributed by atoms with van der Waals surface area (Å²) in [6.45, 7) is 6.98. The van der Waals surface area contributed by atoms with E-state index in [4.69, 9.17) is 16.3 Å². The summed E-state index contributed by atoms with van der Waals surface area (Å²) in [6, 6.07) is 12.4. The minimum atomic E-state index is -0.998. The number of hydrogen-bond donors (Lipinski definition) is 2. The summed E-state index contributed by atoms with van der Waals surface area (Å²) in [5.74, 6) is -0.998. The number of benzene rings is 2. The fourth-order valence-corrected chi connectivity index (χ4v) is 4.12. The lowest BCUT2D eigenvalue weighted by molar-refractivity contribution is 0.0200. The smallest absolute Gasteiger partial charge is 0.410 e. The number of rotatable bonds is 5. The van der Waals surface area contributed by atoms with Crippen molar-refractivity contribution in [2.45, 2.75) is 45.3 Å². The molecule has 172 valence electrons. The fourth-order valence-electron chi connectivity index (χ4n) is 3.82. The van der Waals surface area contributed by atoms with Crippen LogP contribution in [0.3, 0.4) is 0 Å². The zero-order valence-corrected chi connectivity index (χ0v) is 19.6. The first kappa shape index (κ1) is 23.7.